The molecule has 2 unspecified atom stereocenters. The number of likely N-dealkylation sites (N-methyl/N-ethyl adjacent to an activating group) is 1. The molecule has 0 radical (unpaired) electrons. The third-order valence-electron chi connectivity index (χ3n) is 5.08. The van der Waals surface area contributed by atoms with E-state index in [1.165, 1.54) is 0 Å². The predicted molar refractivity (Wildman–Crippen MR) is 95.5 cm³/mol. The second kappa shape index (κ2) is 7.56. The van der Waals surface area contributed by atoms with Crippen molar-refractivity contribution in [2.24, 2.45) is 11.8 Å². The first-order valence-corrected chi connectivity index (χ1v) is 8.72. The highest BCUT2D eigenvalue weighted by Crippen LogP contribution is 2.28. The minimum atomic E-state index is -0.124. The molecule has 6 nitrogen and oxygen atoms in total. The highest BCUT2D eigenvalue weighted by molar-refractivity contribution is 5.96. The van der Waals surface area contributed by atoms with Crippen LogP contribution in [0, 0.1) is 18.8 Å². The van der Waals surface area contributed by atoms with Crippen molar-refractivity contribution < 1.29 is 19.4 Å². The monoisotopic (exact) mass is 346 g/mol. The van der Waals surface area contributed by atoms with Crippen molar-refractivity contribution in [3.8, 4) is 0 Å². The van der Waals surface area contributed by atoms with Crippen LogP contribution in [0.4, 0.5) is 0 Å². The molecule has 0 saturated carbocycles. The summed E-state index contributed by atoms with van der Waals surface area (Å²) in [6.45, 7) is 4.58. The van der Waals surface area contributed by atoms with Crippen LogP contribution in [0.5, 0.6) is 0 Å². The van der Waals surface area contributed by atoms with E-state index < -0.39 is 0 Å². The predicted octanol–water partition coefficient (Wildman–Crippen LogP) is 1.35. The van der Waals surface area contributed by atoms with Gasteiger partial charge in [-0.2, -0.15) is 0 Å². The van der Waals surface area contributed by atoms with Crippen LogP contribution in [-0.2, 0) is 0 Å². The van der Waals surface area contributed by atoms with Gasteiger partial charge in [0.25, 0.3) is 5.91 Å². The molecule has 6 heteroatoms. The molecule has 0 aliphatic carbocycles. The quantitative estimate of drug-likeness (QED) is 0.826. The number of hydrogen-bond donors (Lipinski definition) is 2. The molecule has 1 aliphatic heterocycles. The number of aliphatic hydroxyl groups excluding tert-OH is 2. The Kier molecular flexibility index (Phi) is 5.42. The van der Waals surface area contributed by atoms with Gasteiger partial charge in [0.1, 0.15) is 5.58 Å². The molecule has 1 fully saturated rings. The zero-order chi connectivity index (χ0) is 18.0. The first-order valence-electron chi connectivity index (χ1n) is 8.72. The van der Waals surface area contributed by atoms with Gasteiger partial charge in [0, 0.05) is 44.1 Å². The van der Waals surface area contributed by atoms with Crippen LogP contribution >= 0.6 is 0 Å². The van der Waals surface area contributed by atoms with Crippen molar-refractivity contribution in [3.05, 3.63) is 35.6 Å². The van der Waals surface area contributed by atoms with Gasteiger partial charge in [-0.3, -0.25) is 4.79 Å². The molecular weight excluding hydrogens is 320 g/mol. The molecule has 1 saturated heterocycles. The van der Waals surface area contributed by atoms with Crippen molar-refractivity contribution in [1.82, 2.24) is 9.80 Å². The van der Waals surface area contributed by atoms with E-state index in [4.69, 9.17) is 9.52 Å². The molecule has 3 rings (SSSR count). The number of hydrogen-bond acceptors (Lipinski definition) is 5. The van der Waals surface area contributed by atoms with Gasteiger partial charge >= 0.3 is 0 Å². The number of carbonyl (C=O) groups excluding carboxylic acids is 1. The number of likely N-dealkylation sites (tertiary alicyclic amines) is 1. The summed E-state index contributed by atoms with van der Waals surface area (Å²) in [7, 11) is 1.94. The second-order valence-electron chi connectivity index (χ2n) is 7.00. The van der Waals surface area contributed by atoms with Gasteiger partial charge in [-0.15, -0.1) is 0 Å². The number of amides is 1. The number of nitrogens with zero attached hydrogens (tertiary/aromatic N) is 2. The summed E-state index contributed by atoms with van der Waals surface area (Å²) in [4.78, 5) is 16.6. The Morgan fingerprint density at radius 2 is 2.08 bits per heavy atom. The zero-order valence-corrected chi connectivity index (χ0v) is 14.8. The van der Waals surface area contributed by atoms with E-state index in [0.717, 1.165) is 23.1 Å². The molecule has 0 bridgehead atoms. The lowest BCUT2D eigenvalue weighted by molar-refractivity contribution is 0.0749. The maximum atomic E-state index is 12.8. The number of rotatable bonds is 6. The average molecular weight is 346 g/mol. The lowest BCUT2D eigenvalue weighted by Gasteiger charge is -2.22. The molecule has 2 heterocycles. The Hall–Kier alpha value is -1.89. The van der Waals surface area contributed by atoms with E-state index in [1.807, 2.05) is 37.1 Å². The standard InChI is InChI=1S/C19H26N2O4/c1-13-4-3-5-14-8-17(25-18(13)14)19(24)21-10-15(16(11-21)12-23)9-20(2)6-7-22/h3-5,8,15-16,22-23H,6-7,9-12H2,1-2H3. The zero-order valence-electron chi connectivity index (χ0n) is 14.8. The van der Waals surface area contributed by atoms with Crippen molar-refractivity contribution in [2.75, 3.05) is 46.4 Å². The largest absolute Gasteiger partial charge is 0.451 e. The normalized spacial score (nSPS) is 20.8. The summed E-state index contributed by atoms with van der Waals surface area (Å²) in [5, 5.41) is 19.6. The number of benzene rings is 1. The van der Waals surface area contributed by atoms with E-state index in [2.05, 4.69) is 0 Å². The van der Waals surface area contributed by atoms with Crippen molar-refractivity contribution in [2.45, 2.75) is 6.92 Å². The Labute approximate surface area is 147 Å². The van der Waals surface area contributed by atoms with Crippen LogP contribution in [0.3, 0.4) is 0 Å². The fraction of sp³-hybridized carbons (Fsp3) is 0.526. The van der Waals surface area contributed by atoms with Gasteiger partial charge in [0.15, 0.2) is 5.76 Å². The molecule has 2 aromatic rings. The number of fused-ring (bicyclic) bond motifs is 1. The molecule has 136 valence electrons. The Morgan fingerprint density at radius 3 is 2.76 bits per heavy atom. The van der Waals surface area contributed by atoms with Crippen LogP contribution < -0.4 is 0 Å². The number of carbonyl (C=O) groups is 1. The number of para-hydroxylation sites is 1. The van der Waals surface area contributed by atoms with Crippen molar-refractivity contribution in [1.29, 1.82) is 0 Å². The molecule has 2 N–H and O–H groups in total. The molecule has 0 spiro atoms. The number of aryl methyl sites for hydroxylation is 1. The van der Waals surface area contributed by atoms with Crippen LogP contribution in [0.15, 0.2) is 28.7 Å². The lowest BCUT2D eigenvalue weighted by atomic mass is 9.96. The minimum Gasteiger partial charge on any atom is -0.451 e. The fourth-order valence-corrected chi connectivity index (χ4v) is 3.65. The topological polar surface area (TPSA) is 77.2 Å². The van der Waals surface area contributed by atoms with E-state index >= 15 is 0 Å². The summed E-state index contributed by atoms with van der Waals surface area (Å²) in [6, 6.07) is 7.65. The van der Waals surface area contributed by atoms with Crippen LogP contribution in [-0.4, -0.2) is 72.4 Å². The fourth-order valence-electron chi connectivity index (χ4n) is 3.65. The number of furan rings is 1. The first-order chi connectivity index (χ1) is 12.0. The van der Waals surface area contributed by atoms with Crippen LogP contribution in [0.2, 0.25) is 0 Å². The third kappa shape index (κ3) is 3.71. The van der Waals surface area contributed by atoms with Gasteiger partial charge in [0.05, 0.1) is 6.61 Å². The van der Waals surface area contributed by atoms with Gasteiger partial charge < -0.3 is 24.4 Å². The first kappa shape index (κ1) is 17.9. The summed E-state index contributed by atoms with van der Waals surface area (Å²) >= 11 is 0. The Morgan fingerprint density at radius 1 is 1.32 bits per heavy atom. The molecule has 1 aromatic heterocycles. The highest BCUT2D eigenvalue weighted by Gasteiger charge is 2.36. The van der Waals surface area contributed by atoms with Crippen molar-refractivity contribution >= 4 is 16.9 Å². The summed E-state index contributed by atoms with van der Waals surface area (Å²) in [6.07, 6.45) is 0. The van der Waals surface area contributed by atoms with Crippen LogP contribution in [0.1, 0.15) is 16.1 Å². The van der Waals surface area contributed by atoms with Crippen LogP contribution in [0.25, 0.3) is 11.0 Å². The molecule has 1 amide bonds. The molecule has 1 aromatic carbocycles. The third-order valence-corrected chi connectivity index (χ3v) is 5.08. The van der Waals surface area contributed by atoms with E-state index in [1.54, 1.807) is 11.0 Å². The SMILES string of the molecule is Cc1cccc2cc(C(=O)N3CC(CO)C(CN(C)CCO)C3)oc12. The molecule has 1 aliphatic rings. The van der Waals surface area contributed by atoms with E-state index in [0.29, 0.717) is 25.4 Å². The highest BCUT2D eigenvalue weighted by atomic mass is 16.3. The minimum absolute atomic E-state index is 0.0520. The van der Waals surface area contributed by atoms with Gasteiger partial charge in [-0.25, -0.2) is 0 Å². The average Bonchev–Trinajstić information content (AvgIpc) is 3.19. The smallest absolute Gasteiger partial charge is 0.289 e. The van der Waals surface area contributed by atoms with Gasteiger partial charge in [-0.05, 0) is 31.5 Å². The molecule has 2 atom stereocenters. The summed E-state index contributed by atoms with van der Waals surface area (Å²) in [5.74, 6) is 0.472. The maximum absolute atomic E-state index is 12.8. The molecule has 25 heavy (non-hydrogen) atoms. The van der Waals surface area contributed by atoms with Gasteiger partial charge in [-0.1, -0.05) is 18.2 Å². The number of aliphatic hydroxyl groups is 2. The Balaban J connectivity index is 1.74. The molecular formula is C19H26N2O4. The van der Waals surface area contributed by atoms with Crippen molar-refractivity contribution in [3.63, 3.8) is 0 Å². The second-order valence-corrected chi connectivity index (χ2v) is 7.00. The van der Waals surface area contributed by atoms with E-state index in [9.17, 15) is 9.90 Å². The summed E-state index contributed by atoms with van der Waals surface area (Å²) < 4.78 is 5.80. The Bertz CT molecular complexity index is 742. The lowest BCUT2D eigenvalue weighted by Crippen LogP contribution is -2.33. The maximum Gasteiger partial charge on any atom is 0.289 e. The van der Waals surface area contributed by atoms with E-state index in [-0.39, 0.29) is 31.0 Å². The van der Waals surface area contributed by atoms with Gasteiger partial charge in [0.2, 0.25) is 0 Å². The summed E-state index contributed by atoms with van der Waals surface area (Å²) in [5.41, 5.74) is 1.76.